The molecule has 1 heterocycles. The van der Waals surface area contributed by atoms with Crippen molar-refractivity contribution in [3.63, 3.8) is 0 Å². The third kappa shape index (κ3) is 3.72. The van der Waals surface area contributed by atoms with Gasteiger partial charge in [-0.15, -0.1) is 0 Å². The molecule has 1 unspecified atom stereocenters. The lowest BCUT2D eigenvalue weighted by molar-refractivity contribution is -0.121. The molecule has 0 spiro atoms. The Kier molecular flexibility index (Phi) is 5.04. The van der Waals surface area contributed by atoms with Crippen LogP contribution in [0.1, 0.15) is 44.6 Å². The first-order chi connectivity index (χ1) is 13.7. The molecule has 1 aliphatic carbocycles. The van der Waals surface area contributed by atoms with Crippen LogP contribution in [0.4, 0.5) is 10.1 Å². The fourth-order valence-electron chi connectivity index (χ4n) is 4.32. The third-order valence-corrected chi connectivity index (χ3v) is 6.12. The van der Waals surface area contributed by atoms with Gasteiger partial charge in [0.25, 0.3) is 0 Å². The van der Waals surface area contributed by atoms with Crippen molar-refractivity contribution in [1.82, 2.24) is 0 Å². The highest BCUT2D eigenvalue weighted by Gasteiger charge is 2.44. The molecule has 2 aliphatic rings. The van der Waals surface area contributed by atoms with Crippen molar-refractivity contribution in [2.75, 3.05) is 4.90 Å². The van der Waals surface area contributed by atoms with Crippen molar-refractivity contribution in [2.24, 2.45) is 5.41 Å². The van der Waals surface area contributed by atoms with E-state index in [1.165, 1.54) is 18.2 Å². The molecule has 0 aromatic heterocycles. The van der Waals surface area contributed by atoms with Gasteiger partial charge in [0.15, 0.2) is 5.78 Å². The maximum absolute atomic E-state index is 13.7. The lowest BCUT2D eigenvalue weighted by Gasteiger charge is -2.43. The largest absolute Gasteiger partial charge is 0.294 e. The Hall–Kier alpha value is -2.17. The molecule has 29 heavy (non-hydrogen) atoms. The number of allylic oxidation sites excluding steroid dienone is 2. The summed E-state index contributed by atoms with van der Waals surface area (Å²) in [4.78, 5) is 28.0. The summed E-state index contributed by atoms with van der Waals surface area (Å²) < 4.78 is 13.7. The van der Waals surface area contributed by atoms with Gasteiger partial charge >= 0.3 is 0 Å². The molecule has 1 amide bonds. The summed E-state index contributed by atoms with van der Waals surface area (Å²) in [5.74, 6) is -0.961. The monoisotopic (exact) mass is 431 g/mol. The summed E-state index contributed by atoms with van der Waals surface area (Å²) in [5, 5.41) is 0.544. The second-order valence-corrected chi connectivity index (χ2v) is 9.28. The maximum Gasteiger partial charge on any atom is 0.232 e. The first-order valence-corrected chi connectivity index (χ1v) is 10.2. The number of benzene rings is 2. The maximum atomic E-state index is 13.7. The highest BCUT2D eigenvalue weighted by Crippen LogP contribution is 2.48. The van der Waals surface area contributed by atoms with Gasteiger partial charge in [-0.05, 0) is 47.7 Å². The van der Waals surface area contributed by atoms with Gasteiger partial charge in [-0.3, -0.25) is 14.5 Å². The van der Waals surface area contributed by atoms with Crippen molar-refractivity contribution in [1.29, 1.82) is 0 Å². The highest BCUT2D eigenvalue weighted by atomic mass is 35.5. The van der Waals surface area contributed by atoms with Crippen molar-refractivity contribution in [3.05, 3.63) is 75.2 Å². The predicted octanol–water partition coefficient (Wildman–Crippen LogP) is 6.30. The number of anilines is 1. The van der Waals surface area contributed by atoms with E-state index in [0.29, 0.717) is 34.8 Å². The Morgan fingerprint density at radius 3 is 2.38 bits per heavy atom. The van der Waals surface area contributed by atoms with Gasteiger partial charge < -0.3 is 0 Å². The van der Waals surface area contributed by atoms with Crippen LogP contribution in [0.3, 0.4) is 0 Å². The van der Waals surface area contributed by atoms with Gasteiger partial charge in [0.2, 0.25) is 5.91 Å². The molecule has 3 nitrogen and oxygen atoms in total. The highest BCUT2D eigenvalue weighted by molar-refractivity contribution is 6.31. The first kappa shape index (κ1) is 20.1. The summed E-state index contributed by atoms with van der Waals surface area (Å²) in [6, 6.07) is 11.5. The number of amides is 1. The van der Waals surface area contributed by atoms with Crippen LogP contribution >= 0.6 is 23.2 Å². The number of carbonyl (C=O) groups excluding carboxylic acids is 2. The molecule has 1 atom stereocenters. The van der Waals surface area contributed by atoms with E-state index in [1.807, 2.05) is 26.0 Å². The van der Waals surface area contributed by atoms with Crippen LogP contribution < -0.4 is 4.90 Å². The number of hydrogen-bond acceptors (Lipinski definition) is 2. The molecule has 4 rings (SSSR count). The quantitative estimate of drug-likeness (QED) is 0.559. The minimum absolute atomic E-state index is 0.0434. The minimum atomic E-state index is -0.548. The van der Waals surface area contributed by atoms with Crippen LogP contribution in [-0.2, 0) is 9.59 Å². The molecule has 1 aliphatic heterocycles. The zero-order chi connectivity index (χ0) is 20.9. The number of Topliss-reactive ketones (excluding diaryl/α,β-unsaturated/α-hetero) is 1. The zero-order valence-corrected chi connectivity index (χ0v) is 17.6. The molecule has 0 fully saturated rings. The lowest BCUT2D eigenvalue weighted by Crippen LogP contribution is -2.43. The molecule has 0 saturated heterocycles. The van der Waals surface area contributed by atoms with Gasteiger partial charge in [-0.1, -0.05) is 49.2 Å². The second-order valence-electron chi connectivity index (χ2n) is 8.44. The van der Waals surface area contributed by atoms with E-state index < -0.39 is 5.82 Å². The van der Waals surface area contributed by atoms with Gasteiger partial charge in [0, 0.05) is 35.1 Å². The average molecular weight is 432 g/mol. The molecular weight excluding hydrogens is 412 g/mol. The van der Waals surface area contributed by atoms with Crippen LogP contribution in [-0.4, -0.2) is 11.7 Å². The SMILES string of the molecule is CC1(C)CC(=O)C2=C(C1)N(c1ccc(F)c(Cl)c1)C(=O)CC2c1ccc(Cl)cc1. The summed E-state index contributed by atoms with van der Waals surface area (Å²) in [6.07, 6.45) is 1.14. The molecule has 2 aromatic rings. The number of hydrogen-bond donors (Lipinski definition) is 0. The number of carbonyl (C=O) groups is 2. The molecule has 0 radical (unpaired) electrons. The van der Waals surface area contributed by atoms with Crippen LogP contribution in [0.15, 0.2) is 53.7 Å². The Labute approximate surface area is 179 Å². The molecular formula is C23H20Cl2FNO2. The van der Waals surface area contributed by atoms with Crippen LogP contribution in [0.2, 0.25) is 10.0 Å². The van der Waals surface area contributed by atoms with E-state index in [4.69, 9.17) is 23.2 Å². The summed E-state index contributed by atoms with van der Waals surface area (Å²) in [5.41, 5.74) is 2.44. The van der Waals surface area contributed by atoms with Crippen molar-refractivity contribution < 1.29 is 14.0 Å². The Morgan fingerprint density at radius 1 is 1.03 bits per heavy atom. The Balaban J connectivity index is 1.89. The number of nitrogens with zero attached hydrogens (tertiary/aromatic N) is 1. The van der Waals surface area contributed by atoms with E-state index in [-0.39, 0.29) is 34.5 Å². The standard InChI is InChI=1S/C23H20Cl2FNO2/c1-23(2)11-19-22(20(28)12-23)16(13-3-5-14(24)6-4-13)10-21(29)27(19)15-7-8-18(26)17(25)9-15/h3-9,16H,10-12H2,1-2H3. The lowest BCUT2D eigenvalue weighted by atomic mass is 9.69. The molecule has 150 valence electrons. The normalized spacial score (nSPS) is 21.4. The fourth-order valence-corrected chi connectivity index (χ4v) is 4.62. The van der Waals surface area contributed by atoms with E-state index in [1.54, 1.807) is 17.0 Å². The second kappa shape index (κ2) is 7.26. The summed E-state index contributed by atoms with van der Waals surface area (Å²) >= 11 is 12.0. The molecule has 6 heteroatoms. The van der Waals surface area contributed by atoms with Gasteiger partial charge in [0.1, 0.15) is 5.82 Å². The number of ketones is 1. The van der Waals surface area contributed by atoms with E-state index in [0.717, 1.165) is 5.56 Å². The fraction of sp³-hybridized carbons (Fsp3) is 0.304. The van der Waals surface area contributed by atoms with Crippen molar-refractivity contribution in [3.8, 4) is 0 Å². The molecule has 2 aromatic carbocycles. The zero-order valence-electron chi connectivity index (χ0n) is 16.1. The van der Waals surface area contributed by atoms with Gasteiger partial charge in [-0.2, -0.15) is 0 Å². The minimum Gasteiger partial charge on any atom is -0.294 e. The van der Waals surface area contributed by atoms with Crippen LogP contribution in [0.25, 0.3) is 0 Å². The topological polar surface area (TPSA) is 37.4 Å². The van der Waals surface area contributed by atoms with Crippen LogP contribution in [0, 0.1) is 11.2 Å². The smallest absolute Gasteiger partial charge is 0.232 e. The summed E-state index contributed by atoms with van der Waals surface area (Å²) in [7, 11) is 0. The predicted molar refractivity (Wildman–Crippen MR) is 113 cm³/mol. The third-order valence-electron chi connectivity index (χ3n) is 5.58. The van der Waals surface area contributed by atoms with Gasteiger partial charge in [0.05, 0.1) is 10.7 Å². The van der Waals surface area contributed by atoms with Gasteiger partial charge in [-0.25, -0.2) is 4.39 Å². The van der Waals surface area contributed by atoms with E-state index in [9.17, 15) is 14.0 Å². The van der Waals surface area contributed by atoms with E-state index >= 15 is 0 Å². The summed E-state index contributed by atoms with van der Waals surface area (Å²) in [6.45, 7) is 4.03. The van der Waals surface area contributed by atoms with Crippen molar-refractivity contribution >= 4 is 40.6 Å². The average Bonchev–Trinajstić information content (AvgIpc) is 2.63. The molecule has 0 bridgehead atoms. The van der Waals surface area contributed by atoms with Crippen LogP contribution in [0.5, 0.6) is 0 Å². The number of halogens is 3. The Bertz CT molecular complexity index is 1040. The first-order valence-electron chi connectivity index (χ1n) is 9.46. The van der Waals surface area contributed by atoms with Crippen molar-refractivity contribution in [2.45, 2.75) is 39.0 Å². The Morgan fingerprint density at radius 2 is 1.72 bits per heavy atom. The molecule has 0 saturated carbocycles. The number of rotatable bonds is 2. The van der Waals surface area contributed by atoms with E-state index in [2.05, 4.69) is 0 Å². The molecule has 0 N–H and O–H groups in total.